The Labute approximate surface area is 177 Å². The number of amides is 1. The Balaban J connectivity index is 1.53. The summed E-state index contributed by atoms with van der Waals surface area (Å²) < 4.78 is 7.18. The van der Waals surface area contributed by atoms with Gasteiger partial charge in [-0.25, -0.2) is 0 Å². The summed E-state index contributed by atoms with van der Waals surface area (Å²) in [5, 5.41) is 0. The van der Waals surface area contributed by atoms with Gasteiger partial charge in [0.1, 0.15) is 5.56 Å². The third-order valence-corrected chi connectivity index (χ3v) is 7.43. The number of pyridine rings is 1. The lowest BCUT2D eigenvalue weighted by Crippen LogP contribution is -2.48. The number of piperidine rings is 1. The van der Waals surface area contributed by atoms with Crippen LogP contribution in [0.4, 0.5) is 0 Å². The average Bonchev–Trinajstić information content (AvgIpc) is 3.17. The predicted molar refractivity (Wildman–Crippen MR) is 117 cm³/mol. The molecule has 3 atom stereocenters. The lowest BCUT2D eigenvalue weighted by atomic mass is 9.83. The molecule has 3 aliphatic heterocycles. The number of fused-ring (bicyclic) bond motifs is 4. The van der Waals surface area contributed by atoms with E-state index in [9.17, 15) is 9.59 Å². The highest BCUT2D eigenvalue weighted by molar-refractivity contribution is 7.98. The Hall–Kier alpha value is -1.31. The number of thioether (sulfide) groups is 1. The second-order valence-electron chi connectivity index (χ2n) is 8.74. The Bertz CT molecular complexity index is 796. The largest absolute Gasteiger partial charge is 0.383 e. The summed E-state index contributed by atoms with van der Waals surface area (Å²) in [6, 6.07) is 3.91. The van der Waals surface area contributed by atoms with Crippen LogP contribution in [0.1, 0.15) is 47.7 Å². The minimum Gasteiger partial charge on any atom is -0.383 e. The summed E-state index contributed by atoms with van der Waals surface area (Å²) in [7, 11) is 1.66. The minimum absolute atomic E-state index is 0.0853. The summed E-state index contributed by atoms with van der Waals surface area (Å²) in [4.78, 5) is 30.8. The molecule has 0 aromatic carbocycles. The Morgan fingerprint density at radius 1 is 1.28 bits per heavy atom. The van der Waals surface area contributed by atoms with E-state index in [1.165, 1.54) is 12.2 Å². The minimum atomic E-state index is -0.126. The van der Waals surface area contributed by atoms with Crippen LogP contribution in [-0.2, 0) is 11.3 Å². The number of carbonyl (C=O) groups is 1. The molecule has 1 amide bonds. The number of likely N-dealkylation sites (tertiary alicyclic amines) is 2. The number of carbonyl (C=O) groups excluding carboxylic acids is 1. The maximum absolute atomic E-state index is 13.3. The summed E-state index contributed by atoms with van der Waals surface area (Å²) >= 11 is 1.90. The number of ether oxygens (including phenoxy) is 1. The summed E-state index contributed by atoms with van der Waals surface area (Å²) in [6.07, 6.45) is 6.46. The van der Waals surface area contributed by atoms with Crippen LogP contribution >= 0.6 is 11.8 Å². The van der Waals surface area contributed by atoms with Gasteiger partial charge < -0.3 is 19.1 Å². The van der Waals surface area contributed by atoms with Crippen LogP contribution in [0.25, 0.3) is 0 Å². The van der Waals surface area contributed by atoms with E-state index < -0.39 is 0 Å². The van der Waals surface area contributed by atoms with Gasteiger partial charge in [-0.1, -0.05) is 0 Å². The summed E-state index contributed by atoms with van der Waals surface area (Å²) in [5.74, 6) is 1.99. The molecule has 2 saturated heterocycles. The molecule has 6 nitrogen and oxygen atoms in total. The number of rotatable bonds is 7. The molecule has 29 heavy (non-hydrogen) atoms. The zero-order chi connectivity index (χ0) is 20.4. The van der Waals surface area contributed by atoms with Crippen molar-refractivity contribution in [1.29, 1.82) is 0 Å². The molecular weight excluding hydrogens is 386 g/mol. The van der Waals surface area contributed by atoms with Crippen molar-refractivity contribution in [2.75, 3.05) is 51.9 Å². The fourth-order valence-electron chi connectivity index (χ4n) is 5.45. The third kappa shape index (κ3) is 4.28. The van der Waals surface area contributed by atoms with Crippen molar-refractivity contribution in [2.24, 2.45) is 5.92 Å². The van der Waals surface area contributed by atoms with Crippen molar-refractivity contribution in [2.45, 2.75) is 44.2 Å². The van der Waals surface area contributed by atoms with Crippen LogP contribution in [0.3, 0.4) is 0 Å². The number of aromatic nitrogens is 1. The third-order valence-electron chi connectivity index (χ3n) is 6.73. The van der Waals surface area contributed by atoms with E-state index in [0.717, 1.165) is 51.1 Å². The van der Waals surface area contributed by atoms with Crippen LogP contribution in [0, 0.1) is 5.92 Å². The lowest BCUT2D eigenvalue weighted by Gasteiger charge is -2.43. The van der Waals surface area contributed by atoms with Crippen molar-refractivity contribution in [3.8, 4) is 0 Å². The molecule has 3 aliphatic rings. The zero-order valence-electron chi connectivity index (χ0n) is 17.6. The predicted octanol–water partition coefficient (Wildman–Crippen LogP) is 2.27. The van der Waals surface area contributed by atoms with Gasteiger partial charge in [-0.3, -0.25) is 9.59 Å². The molecule has 2 bridgehead atoms. The molecular formula is C22H33N3O3S. The molecule has 0 N–H and O–H groups in total. The van der Waals surface area contributed by atoms with E-state index in [4.69, 9.17) is 4.74 Å². The fourth-order valence-corrected chi connectivity index (χ4v) is 5.86. The maximum atomic E-state index is 13.3. The van der Waals surface area contributed by atoms with Crippen LogP contribution in [0.5, 0.6) is 0 Å². The second kappa shape index (κ2) is 9.23. The van der Waals surface area contributed by atoms with E-state index in [-0.39, 0.29) is 17.5 Å². The topological polar surface area (TPSA) is 54.8 Å². The van der Waals surface area contributed by atoms with E-state index in [0.29, 0.717) is 30.6 Å². The van der Waals surface area contributed by atoms with Gasteiger partial charge in [0.05, 0.1) is 12.6 Å². The second-order valence-corrected chi connectivity index (χ2v) is 9.73. The normalized spacial score (nSPS) is 26.6. The standard InChI is InChI=1S/C22H33N3O3S/c1-28-15-18-5-3-9-24(18)21(26)19-6-7-20-17-11-16(13-25(20)22(19)27)12-23(14-17)8-4-10-29-2/h6-7,16-18H,3-5,8-15H2,1-2H3/t16-,17+,18-/m0/s1. The highest BCUT2D eigenvalue weighted by Gasteiger charge is 2.36. The average molecular weight is 420 g/mol. The van der Waals surface area contributed by atoms with E-state index in [2.05, 4.69) is 11.2 Å². The van der Waals surface area contributed by atoms with Crippen LogP contribution in [0.15, 0.2) is 16.9 Å². The molecule has 0 spiro atoms. The smallest absolute Gasteiger partial charge is 0.263 e. The maximum Gasteiger partial charge on any atom is 0.263 e. The van der Waals surface area contributed by atoms with Crippen molar-refractivity contribution in [3.63, 3.8) is 0 Å². The van der Waals surface area contributed by atoms with E-state index >= 15 is 0 Å². The van der Waals surface area contributed by atoms with Gasteiger partial charge in [0, 0.05) is 44.9 Å². The SMILES string of the molecule is COC[C@@H]1CCCN1C(=O)c1ccc2n(c1=O)C[C@H]1C[C@@H]2CN(CCCSC)C1. The van der Waals surface area contributed by atoms with Crippen molar-refractivity contribution in [1.82, 2.24) is 14.4 Å². The van der Waals surface area contributed by atoms with Gasteiger partial charge in [0.15, 0.2) is 0 Å². The Morgan fingerprint density at radius 2 is 2.14 bits per heavy atom. The zero-order valence-corrected chi connectivity index (χ0v) is 18.5. The van der Waals surface area contributed by atoms with Crippen molar-refractivity contribution in [3.05, 3.63) is 33.7 Å². The molecule has 7 heteroatoms. The fraction of sp³-hybridized carbons (Fsp3) is 0.727. The Kier molecular flexibility index (Phi) is 6.66. The quantitative estimate of drug-likeness (QED) is 0.635. The van der Waals surface area contributed by atoms with Crippen molar-refractivity contribution < 1.29 is 9.53 Å². The number of hydrogen-bond acceptors (Lipinski definition) is 5. The monoisotopic (exact) mass is 419 g/mol. The first kappa shape index (κ1) is 20.9. The highest BCUT2D eigenvalue weighted by Crippen LogP contribution is 2.35. The summed E-state index contributed by atoms with van der Waals surface area (Å²) in [6.45, 7) is 5.23. The first-order valence-corrected chi connectivity index (χ1v) is 12.3. The first-order chi connectivity index (χ1) is 14.1. The van der Waals surface area contributed by atoms with E-state index in [1.807, 2.05) is 27.3 Å². The van der Waals surface area contributed by atoms with Gasteiger partial charge in [-0.05, 0) is 62.3 Å². The molecule has 0 radical (unpaired) electrons. The van der Waals surface area contributed by atoms with Crippen LogP contribution < -0.4 is 5.56 Å². The van der Waals surface area contributed by atoms with Gasteiger partial charge in [-0.2, -0.15) is 11.8 Å². The van der Waals surface area contributed by atoms with E-state index in [1.54, 1.807) is 13.2 Å². The van der Waals surface area contributed by atoms with Crippen molar-refractivity contribution >= 4 is 17.7 Å². The molecule has 0 aliphatic carbocycles. The molecule has 1 aromatic heterocycles. The van der Waals surface area contributed by atoms with Crippen LogP contribution in [0.2, 0.25) is 0 Å². The molecule has 0 saturated carbocycles. The Morgan fingerprint density at radius 3 is 2.93 bits per heavy atom. The summed E-state index contributed by atoms with van der Waals surface area (Å²) in [5.41, 5.74) is 1.35. The first-order valence-electron chi connectivity index (χ1n) is 10.9. The van der Waals surface area contributed by atoms with Gasteiger partial charge in [0.2, 0.25) is 0 Å². The number of methoxy groups -OCH3 is 1. The van der Waals surface area contributed by atoms with Gasteiger partial charge in [-0.15, -0.1) is 0 Å². The molecule has 1 aromatic rings. The molecule has 4 heterocycles. The lowest BCUT2D eigenvalue weighted by molar-refractivity contribution is 0.0626. The molecule has 2 fully saturated rings. The molecule has 4 rings (SSSR count). The number of hydrogen-bond donors (Lipinski definition) is 0. The highest BCUT2D eigenvalue weighted by atomic mass is 32.2. The van der Waals surface area contributed by atoms with Gasteiger partial charge in [0.25, 0.3) is 11.5 Å². The van der Waals surface area contributed by atoms with Crippen LogP contribution in [-0.4, -0.2) is 78.2 Å². The molecule has 160 valence electrons. The van der Waals surface area contributed by atoms with Gasteiger partial charge >= 0.3 is 0 Å². The molecule has 0 unspecified atom stereocenters. The number of nitrogens with zero attached hydrogens (tertiary/aromatic N) is 3.